The van der Waals surface area contributed by atoms with Crippen molar-refractivity contribution in [1.82, 2.24) is 15.1 Å². The van der Waals surface area contributed by atoms with Crippen LogP contribution in [0.3, 0.4) is 0 Å². The maximum absolute atomic E-state index is 14.5. The van der Waals surface area contributed by atoms with Crippen LogP contribution in [-0.2, 0) is 4.79 Å². The Hall–Kier alpha value is -2.94. The number of hydrogen-bond donors (Lipinski definition) is 3. The predicted octanol–water partition coefficient (Wildman–Crippen LogP) is 3.81. The first-order valence-corrected chi connectivity index (χ1v) is 11.2. The lowest BCUT2D eigenvalue weighted by atomic mass is 9.94. The Bertz CT molecular complexity index is 957. The largest absolute Gasteiger partial charge is 0.481 e. The van der Waals surface area contributed by atoms with Gasteiger partial charge in [-0.1, -0.05) is 46.2 Å². The average molecular weight is 464 g/mol. The van der Waals surface area contributed by atoms with E-state index < -0.39 is 29.3 Å². The van der Waals surface area contributed by atoms with Crippen LogP contribution in [0.2, 0.25) is 0 Å². The van der Waals surface area contributed by atoms with Gasteiger partial charge in [-0.2, -0.15) is 9.78 Å². The molecule has 0 saturated carbocycles. The van der Waals surface area contributed by atoms with Crippen molar-refractivity contribution in [3.63, 3.8) is 0 Å². The molecule has 3 N–H and O–H groups in total. The number of aliphatic carboxylic acids is 1. The number of aliphatic hydroxyl groups is 1. The van der Waals surface area contributed by atoms with Crippen LogP contribution >= 0.6 is 0 Å². The van der Waals surface area contributed by atoms with Crippen molar-refractivity contribution in [2.24, 2.45) is 11.8 Å². The maximum atomic E-state index is 14.5. The summed E-state index contributed by atoms with van der Waals surface area (Å²) in [6, 6.07) is 6.70. The molecule has 0 saturated heterocycles. The number of ether oxygens (including phenoxy) is 1. The van der Waals surface area contributed by atoms with Crippen molar-refractivity contribution in [2.75, 3.05) is 6.61 Å². The van der Waals surface area contributed by atoms with E-state index in [9.17, 15) is 24.2 Å². The minimum absolute atomic E-state index is 0.0445. The lowest BCUT2D eigenvalue weighted by Crippen LogP contribution is -2.38. The van der Waals surface area contributed by atoms with E-state index in [1.165, 1.54) is 28.9 Å². The first-order chi connectivity index (χ1) is 15.4. The number of amides is 1. The second-order valence-corrected chi connectivity index (χ2v) is 9.05. The summed E-state index contributed by atoms with van der Waals surface area (Å²) in [7, 11) is 0. The van der Waals surface area contributed by atoms with Gasteiger partial charge in [-0.3, -0.25) is 9.59 Å². The van der Waals surface area contributed by atoms with Crippen molar-refractivity contribution in [3.8, 4) is 11.6 Å². The van der Waals surface area contributed by atoms with Gasteiger partial charge in [0.15, 0.2) is 5.69 Å². The molecule has 0 radical (unpaired) electrons. The van der Waals surface area contributed by atoms with Gasteiger partial charge in [-0.15, -0.1) is 0 Å². The Kier molecular flexibility index (Phi) is 8.99. The summed E-state index contributed by atoms with van der Waals surface area (Å²) < 4.78 is 21.4. The number of carbonyl (C=O) groups is 2. The number of hydrogen-bond acceptors (Lipinski definition) is 5. The third-order valence-electron chi connectivity index (χ3n) is 5.89. The molecule has 0 aliphatic carbocycles. The lowest BCUT2D eigenvalue weighted by molar-refractivity contribution is -0.137. The van der Waals surface area contributed by atoms with Crippen molar-refractivity contribution in [3.05, 3.63) is 41.8 Å². The van der Waals surface area contributed by atoms with Crippen LogP contribution in [0.5, 0.6) is 5.88 Å². The minimum atomic E-state index is -1.16. The highest BCUT2D eigenvalue weighted by molar-refractivity contribution is 5.93. The van der Waals surface area contributed by atoms with Crippen LogP contribution in [0.15, 0.2) is 30.3 Å². The number of rotatable bonds is 12. The van der Waals surface area contributed by atoms with Gasteiger partial charge in [-0.25, -0.2) is 4.39 Å². The molecular formula is C24H34FN3O5. The molecule has 33 heavy (non-hydrogen) atoms. The van der Waals surface area contributed by atoms with Gasteiger partial charge >= 0.3 is 5.97 Å². The highest BCUT2D eigenvalue weighted by Gasteiger charge is 2.28. The molecule has 3 atom stereocenters. The summed E-state index contributed by atoms with van der Waals surface area (Å²) in [4.78, 5) is 24.2. The fourth-order valence-corrected chi connectivity index (χ4v) is 3.08. The summed E-state index contributed by atoms with van der Waals surface area (Å²) in [6.07, 6.45) is 1.13. The van der Waals surface area contributed by atoms with Gasteiger partial charge in [-0.05, 0) is 37.3 Å². The first-order valence-electron chi connectivity index (χ1n) is 11.2. The monoisotopic (exact) mass is 463 g/mol. The second kappa shape index (κ2) is 11.3. The second-order valence-electron chi connectivity index (χ2n) is 9.05. The molecule has 0 bridgehead atoms. The smallest absolute Gasteiger partial charge is 0.305 e. The number of carboxylic acids is 1. The van der Waals surface area contributed by atoms with Crippen molar-refractivity contribution in [2.45, 2.75) is 65.5 Å². The molecule has 9 heteroatoms. The Morgan fingerprint density at radius 2 is 1.94 bits per heavy atom. The number of para-hydroxylation sites is 1. The van der Waals surface area contributed by atoms with Crippen LogP contribution in [-0.4, -0.2) is 50.1 Å². The number of aromatic nitrogens is 2. The molecule has 3 unspecified atom stereocenters. The van der Waals surface area contributed by atoms with Gasteiger partial charge in [0, 0.05) is 12.1 Å². The van der Waals surface area contributed by atoms with E-state index in [4.69, 9.17) is 4.74 Å². The molecule has 182 valence electrons. The molecule has 0 aliphatic rings. The Balaban J connectivity index is 2.35. The third kappa shape index (κ3) is 7.28. The van der Waals surface area contributed by atoms with E-state index >= 15 is 0 Å². The van der Waals surface area contributed by atoms with Crippen LogP contribution in [0.4, 0.5) is 4.39 Å². The molecule has 1 aromatic heterocycles. The summed E-state index contributed by atoms with van der Waals surface area (Å²) in [5.41, 5.74) is -1.12. The highest BCUT2D eigenvalue weighted by atomic mass is 19.1. The van der Waals surface area contributed by atoms with Crippen molar-refractivity contribution in [1.29, 1.82) is 0 Å². The van der Waals surface area contributed by atoms with E-state index in [1.54, 1.807) is 13.0 Å². The van der Waals surface area contributed by atoms with Gasteiger partial charge in [0.1, 0.15) is 18.1 Å². The first kappa shape index (κ1) is 26.3. The summed E-state index contributed by atoms with van der Waals surface area (Å²) >= 11 is 0. The van der Waals surface area contributed by atoms with E-state index in [-0.39, 0.29) is 42.1 Å². The maximum Gasteiger partial charge on any atom is 0.305 e. The number of nitrogens with zero attached hydrogens (tertiary/aromatic N) is 2. The summed E-state index contributed by atoms with van der Waals surface area (Å²) in [6.45, 7) is 9.20. The average Bonchev–Trinajstić information content (AvgIpc) is 3.16. The molecular weight excluding hydrogens is 429 g/mol. The zero-order valence-corrected chi connectivity index (χ0v) is 19.8. The minimum Gasteiger partial charge on any atom is -0.481 e. The number of halogens is 1. The van der Waals surface area contributed by atoms with Crippen LogP contribution in [0.25, 0.3) is 5.69 Å². The van der Waals surface area contributed by atoms with Crippen molar-refractivity contribution < 1.29 is 28.9 Å². The van der Waals surface area contributed by atoms with E-state index in [0.717, 1.165) is 6.42 Å². The normalized spacial score (nSPS) is 15.0. The summed E-state index contributed by atoms with van der Waals surface area (Å²) in [5, 5.41) is 26.7. The van der Waals surface area contributed by atoms with E-state index in [2.05, 4.69) is 10.4 Å². The quantitative estimate of drug-likeness (QED) is 0.441. The van der Waals surface area contributed by atoms with Gasteiger partial charge in [0.25, 0.3) is 5.91 Å². The Morgan fingerprint density at radius 3 is 2.52 bits per heavy atom. The van der Waals surface area contributed by atoms with Gasteiger partial charge in [0.2, 0.25) is 5.88 Å². The third-order valence-corrected chi connectivity index (χ3v) is 5.89. The zero-order valence-electron chi connectivity index (χ0n) is 19.8. The topological polar surface area (TPSA) is 114 Å². The van der Waals surface area contributed by atoms with Crippen LogP contribution in [0, 0.1) is 17.7 Å². The number of nitrogens with one attached hydrogen (secondary N) is 1. The molecule has 0 fully saturated rings. The molecule has 1 heterocycles. The SMILES string of the molecule is CCC(C)CC(CC(=O)O)NC(=O)c1cc(OCC(C)(O)C(C)C)n(-c2ccccc2F)n1. The van der Waals surface area contributed by atoms with Gasteiger partial charge < -0.3 is 20.3 Å². The molecule has 1 aromatic carbocycles. The van der Waals surface area contributed by atoms with Crippen LogP contribution < -0.4 is 10.1 Å². The molecule has 2 rings (SSSR count). The fourth-order valence-electron chi connectivity index (χ4n) is 3.08. The van der Waals surface area contributed by atoms with Crippen molar-refractivity contribution >= 4 is 11.9 Å². The van der Waals surface area contributed by atoms with E-state index in [0.29, 0.717) is 6.42 Å². The number of carbonyl (C=O) groups excluding carboxylic acids is 1. The van der Waals surface area contributed by atoms with Crippen LogP contribution in [0.1, 0.15) is 64.4 Å². The fraction of sp³-hybridized carbons (Fsp3) is 0.542. The number of carboxylic acid groups (broad SMARTS) is 1. The lowest BCUT2D eigenvalue weighted by Gasteiger charge is -2.27. The Morgan fingerprint density at radius 1 is 1.27 bits per heavy atom. The predicted molar refractivity (Wildman–Crippen MR) is 122 cm³/mol. The van der Waals surface area contributed by atoms with E-state index in [1.807, 2.05) is 27.7 Å². The summed E-state index contributed by atoms with van der Waals surface area (Å²) in [5.74, 6) is -1.96. The molecule has 0 aliphatic heterocycles. The number of benzene rings is 1. The highest BCUT2D eigenvalue weighted by Crippen LogP contribution is 2.25. The standard InChI is InChI=1S/C24H34FN3O5/c1-6-16(4)11-17(12-22(29)30)26-23(31)19-13-21(33-14-24(5,32)15(2)3)28(27-19)20-10-8-7-9-18(20)25/h7-10,13,15-17,32H,6,11-12,14H2,1-5H3,(H,26,31)(H,29,30). The molecule has 0 spiro atoms. The van der Waals surface area contributed by atoms with Gasteiger partial charge in [0.05, 0.1) is 12.0 Å². The Labute approximate surface area is 193 Å². The molecule has 1 amide bonds. The molecule has 2 aromatic rings. The zero-order chi connectivity index (χ0) is 24.8. The molecule has 8 nitrogen and oxygen atoms in total.